The molecule has 0 bridgehead atoms. The Bertz CT molecular complexity index is 1320. The number of hydrogen-bond donors (Lipinski definition) is 2. The Morgan fingerprint density at radius 3 is 2.63 bits per heavy atom. The lowest BCUT2D eigenvalue weighted by Crippen LogP contribution is -2.22. The number of thiophene rings is 1. The maximum absolute atomic E-state index is 12.7. The molecule has 2 aromatic heterocycles. The molecule has 0 aliphatic heterocycles. The van der Waals surface area contributed by atoms with Crippen LogP contribution in [-0.2, 0) is 16.6 Å². The Labute approximate surface area is 178 Å². The van der Waals surface area contributed by atoms with Crippen molar-refractivity contribution in [3.8, 4) is 11.1 Å². The second kappa shape index (κ2) is 8.25. The highest BCUT2D eigenvalue weighted by Crippen LogP contribution is 2.33. The fraction of sp³-hybridized carbons (Fsp3) is 0.0909. The number of para-hydroxylation sites is 1. The van der Waals surface area contributed by atoms with Gasteiger partial charge in [0.05, 0.1) is 24.0 Å². The van der Waals surface area contributed by atoms with Crippen molar-refractivity contribution in [1.82, 2.24) is 10.3 Å². The van der Waals surface area contributed by atoms with E-state index in [1.54, 1.807) is 47.9 Å². The van der Waals surface area contributed by atoms with Gasteiger partial charge in [-0.15, -0.1) is 11.3 Å². The van der Waals surface area contributed by atoms with Crippen LogP contribution in [0.15, 0.2) is 72.2 Å². The molecule has 0 spiro atoms. The molecular formula is C22H19N3O3S2. The van der Waals surface area contributed by atoms with Gasteiger partial charge in [-0.1, -0.05) is 24.3 Å². The van der Waals surface area contributed by atoms with E-state index in [0.717, 1.165) is 27.6 Å². The summed E-state index contributed by atoms with van der Waals surface area (Å²) in [4.78, 5) is 18.1. The Hall–Kier alpha value is -3.23. The van der Waals surface area contributed by atoms with Crippen molar-refractivity contribution in [3.05, 3.63) is 82.7 Å². The molecule has 0 aliphatic rings. The first-order valence-corrected chi connectivity index (χ1v) is 11.9. The van der Waals surface area contributed by atoms with Crippen molar-refractivity contribution in [2.45, 2.75) is 6.54 Å². The van der Waals surface area contributed by atoms with Gasteiger partial charge in [0, 0.05) is 27.6 Å². The maximum Gasteiger partial charge on any atom is 0.251 e. The van der Waals surface area contributed by atoms with Crippen LogP contribution in [0.3, 0.4) is 0 Å². The van der Waals surface area contributed by atoms with Crippen molar-refractivity contribution in [1.29, 1.82) is 0 Å². The van der Waals surface area contributed by atoms with Crippen molar-refractivity contribution >= 4 is 43.9 Å². The highest BCUT2D eigenvalue weighted by atomic mass is 32.2. The molecule has 0 unspecified atom stereocenters. The minimum Gasteiger partial charge on any atom is -0.347 e. The SMILES string of the molecule is CS(=O)(=O)Nc1ccccc1-c1ccnc2ccc(C(=O)NCc3cccs3)cc12. The molecule has 0 saturated heterocycles. The number of anilines is 1. The Morgan fingerprint density at radius 2 is 1.87 bits per heavy atom. The summed E-state index contributed by atoms with van der Waals surface area (Å²) in [5, 5.41) is 5.66. The van der Waals surface area contributed by atoms with Gasteiger partial charge < -0.3 is 5.32 Å². The number of benzene rings is 2. The van der Waals surface area contributed by atoms with Crippen LogP contribution >= 0.6 is 11.3 Å². The third-order valence-electron chi connectivity index (χ3n) is 4.52. The van der Waals surface area contributed by atoms with Gasteiger partial charge in [0.15, 0.2) is 0 Å². The lowest BCUT2D eigenvalue weighted by molar-refractivity contribution is 0.0951. The second-order valence-corrected chi connectivity index (χ2v) is 9.55. The molecule has 6 nitrogen and oxygen atoms in total. The summed E-state index contributed by atoms with van der Waals surface area (Å²) in [5.41, 5.74) is 3.21. The molecule has 0 aliphatic carbocycles. The number of hydrogen-bond acceptors (Lipinski definition) is 5. The van der Waals surface area contributed by atoms with Gasteiger partial charge in [-0.25, -0.2) is 8.42 Å². The summed E-state index contributed by atoms with van der Waals surface area (Å²) in [6.07, 6.45) is 2.79. The van der Waals surface area contributed by atoms with E-state index in [2.05, 4.69) is 15.0 Å². The number of nitrogens with zero attached hydrogens (tertiary/aromatic N) is 1. The van der Waals surface area contributed by atoms with Crippen LogP contribution in [0.1, 0.15) is 15.2 Å². The lowest BCUT2D eigenvalue weighted by Gasteiger charge is -2.13. The standard InChI is InChI=1S/C22H19N3O3S2/c1-30(27,28)25-21-7-3-2-6-18(21)17-10-11-23-20-9-8-15(13-19(17)20)22(26)24-14-16-5-4-12-29-16/h2-13,25H,14H2,1H3,(H,24,26). The zero-order chi connectivity index (χ0) is 21.1. The molecule has 152 valence electrons. The van der Waals surface area contributed by atoms with Crippen LogP contribution in [0.25, 0.3) is 22.0 Å². The molecule has 8 heteroatoms. The molecule has 4 rings (SSSR count). The normalized spacial score (nSPS) is 11.4. The first-order chi connectivity index (χ1) is 14.4. The molecule has 2 aromatic carbocycles. The van der Waals surface area contributed by atoms with Crippen LogP contribution in [0.5, 0.6) is 0 Å². The van der Waals surface area contributed by atoms with Crippen LogP contribution in [0.4, 0.5) is 5.69 Å². The van der Waals surface area contributed by atoms with Crippen LogP contribution < -0.4 is 10.0 Å². The molecular weight excluding hydrogens is 418 g/mol. The number of carbonyl (C=O) groups excluding carboxylic acids is 1. The largest absolute Gasteiger partial charge is 0.347 e. The Morgan fingerprint density at radius 1 is 1.03 bits per heavy atom. The number of sulfonamides is 1. The van der Waals surface area contributed by atoms with Crippen molar-refractivity contribution in [2.24, 2.45) is 0 Å². The van der Waals surface area contributed by atoms with Crippen molar-refractivity contribution in [3.63, 3.8) is 0 Å². The van der Waals surface area contributed by atoms with E-state index in [0.29, 0.717) is 23.4 Å². The van der Waals surface area contributed by atoms with E-state index in [1.165, 1.54) is 0 Å². The quantitative estimate of drug-likeness (QED) is 0.472. The molecule has 0 atom stereocenters. The summed E-state index contributed by atoms with van der Waals surface area (Å²) in [7, 11) is -3.44. The van der Waals surface area contributed by atoms with E-state index in [1.807, 2.05) is 35.7 Å². The molecule has 0 radical (unpaired) electrons. The predicted octanol–water partition coefficient (Wildman–Crippen LogP) is 4.26. The third kappa shape index (κ3) is 4.50. The second-order valence-electron chi connectivity index (χ2n) is 6.77. The smallest absolute Gasteiger partial charge is 0.251 e. The van der Waals surface area contributed by atoms with Gasteiger partial charge in [-0.3, -0.25) is 14.5 Å². The van der Waals surface area contributed by atoms with E-state index in [9.17, 15) is 13.2 Å². The van der Waals surface area contributed by atoms with Crippen LogP contribution in [0.2, 0.25) is 0 Å². The van der Waals surface area contributed by atoms with Gasteiger partial charge in [-0.2, -0.15) is 0 Å². The molecule has 1 amide bonds. The topological polar surface area (TPSA) is 88.2 Å². The average molecular weight is 438 g/mol. The van der Waals surface area contributed by atoms with Gasteiger partial charge >= 0.3 is 0 Å². The number of aromatic nitrogens is 1. The van der Waals surface area contributed by atoms with E-state index in [-0.39, 0.29) is 5.91 Å². The molecule has 4 aromatic rings. The van der Waals surface area contributed by atoms with Gasteiger partial charge in [-0.05, 0) is 47.3 Å². The molecule has 2 N–H and O–H groups in total. The summed E-state index contributed by atoms with van der Waals surface area (Å²) in [6, 6.07) is 18.2. The summed E-state index contributed by atoms with van der Waals surface area (Å²) in [5.74, 6) is -0.178. The Kier molecular flexibility index (Phi) is 5.52. The minimum atomic E-state index is -3.44. The fourth-order valence-corrected chi connectivity index (χ4v) is 4.43. The number of carbonyl (C=O) groups is 1. The van der Waals surface area contributed by atoms with Gasteiger partial charge in [0.1, 0.15) is 0 Å². The fourth-order valence-electron chi connectivity index (χ4n) is 3.21. The van der Waals surface area contributed by atoms with E-state index < -0.39 is 10.0 Å². The predicted molar refractivity (Wildman–Crippen MR) is 121 cm³/mol. The maximum atomic E-state index is 12.7. The van der Waals surface area contributed by atoms with E-state index in [4.69, 9.17) is 0 Å². The minimum absolute atomic E-state index is 0.178. The van der Waals surface area contributed by atoms with Gasteiger partial charge in [0.25, 0.3) is 5.91 Å². The van der Waals surface area contributed by atoms with Crippen LogP contribution in [0, 0.1) is 0 Å². The number of fused-ring (bicyclic) bond motifs is 1. The molecule has 2 heterocycles. The molecule has 0 saturated carbocycles. The summed E-state index contributed by atoms with van der Waals surface area (Å²) < 4.78 is 26.1. The number of nitrogens with one attached hydrogen (secondary N) is 2. The number of rotatable bonds is 6. The van der Waals surface area contributed by atoms with Crippen LogP contribution in [-0.4, -0.2) is 25.6 Å². The molecule has 0 fully saturated rings. The third-order valence-corrected chi connectivity index (χ3v) is 5.99. The number of pyridine rings is 1. The Balaban J connectivity index is 1.73. The highest BCUT2D eigenvalue weighted by molar-refractivity contribution is 7.92. The number of amides is 1. The first kappa shape index (κ1) is 20.1. The summed E-state index contributed by atoms with van der Waals surface area (Å²) in [6.45, 7) is 0.468. The monoisotopic (exact) mass is 437 g/mol. The highest BCUT2D eigenvalue weighted by Gasteiger charge is 2.14. The molecule has 30 heavy (non-hydrogen) atoms. The zero-order valence-electron chi connectivity index (χ0n) is 16.1. The summed E-state index contributed by atoms with van der Waals surface area (Å²) >= 11 is 1.59. The average Bonchev–Trinajstić information content (AvgIpc) is 3.24. The van der Waals surface area contributed by atoms with Crippen molar-refractivity contribution < 1.29 is 13.2 Å². The first-order valence-electron chi connectivity index (χ1n) is 9.17. The van der Waals surface area contributed by atoms with Crippen molar-refractivity contribution in [2.75, 3.05) is 11.0 Å². The van der Waals surface area contributed by atoms with E-state index >= 15 is 0 Å². The lowest BCUT2D eigenvalue weighted by atomic mass is 9.98. The van der Waals surface area contributed by atoms with Gasteiger partial charge in [0.2, 0.25) is 10.0 Å². The zero-order valence-corrected chi connectivity index (χ0v) is 17.8.